The minimum atomic E-state index is -0.745. The van der Waals surface area contributed by atoms with Gasteiger partial charge < -0.3 is 5.11 Å². The Kier molecular flexibility index (Phi) is 46.7. The lowest BCUT2D eigenvalue weighted by Gasteiger charge is -1.71. The molecule has 0 rings (SSSR count). The van der Waals surface area contributed by atoms with E-state index in [0.717, 1.165) is 0 Å². The smallest absolute Gasteiger partial charge is 0.303 e. The van der Waals surface area contributed by atoms with E-state index in [1.165, 1.54) is 0 Å². The molecule has 0 heterocycles. The number of rotatable bonds is 1. The molecule has 0 saturated heterocycles. The van der Waals surface area contributed by atoms with E-state index >= 15 is 0 Å². The highest BCUT2D eigenvalue weighted by atomic mass is 35.5. The van der Waals surface area contributed by atoms with Crippen molar-refractivity contribution in [2.75, 3.05) is 0 Å². The monoisotopic (exact) mass is 182 g/mol. The van der Waals surface area contributed by atoms with Crippen molar-refractivity contribution < 1.29 is 9.90 Å². The highest BCUT2D eigenvalue weighted by Gasteiger charge is 1.80. The molecule has 54 valence electrons. The predicted molar refractivity (Wildman–Crippen MR) is 39.7 cm³/mol. The third kappa shape index (κ3) is 33.0. The van der Waals surface area contributed by atoms with Gasteiger partial charge in [-0.05, 0) is 0 Å². The molecule has 8 heavy (non-hydrogen) atoms. The second-order valence-electron chi connectivity index (χ2n) is 0.747. The number of carboxylic acids is 1. The first-order valence-corrected chi connectivity index (χ1v) is 1.49. The molecule has 0 amide bonds. The topological polar surface area (TPSA) is 37.3 Å². The molecule has 0 aromatic heterocycles. The maximum Gasteiger partial charge on any atom is 0.303 e. The molecule has 0 radical (unpaired) electrons. The molecule has 0 spiro atoms. The molecule has 0 aliphatic rings. The van der Waals surface area contributed by atoms with Crippen LogP contribution >= 0.6 is 37.2 Å². The van der Waals surface area contributed by atoms with Crippen LogP contribution in [0.4, 0.5) is 0 Å². The van der Waals surface area contributed by atoms with Crippen molar-refractivity contribution in [1.82, 2.24) is 0 Å². The predicted octanol–water partition coefficient (Wildman–Crippen LogP) is 1.75. The summed E-state index contributed by atoms with van der Waals surface area (Å²) in [6.45, 7) is 1.60. The van der Waals surface area contributed by atoms with E-state index in [-0.39, 0.29) is 43.6 Å². The standard InChI is InChI=1S/C3H6O2.3ClH/c1-2-3(4)5;;;/h2H2,1H3,(H,4,5);3*1H. The zero-order valence-corrected chi connectivity index (χ0v) is 6.74. The number of halogens is 3. The molecular weight excluding hydrogens is 174 g/mol. The zero-order valence-electron chi connectivity index (χ0n) is 4.29. The van der Waals surface area contributed by atoms with Crippen molar-refractivity contribution in [3.05, 3.63) is 0 Å². The van der Waals surface area contributed by atoms with E-state index in [1.807, 2.05) is 0 Å². The molecule has 0 bridgehead atoms. The molecular formula is C3H9Cl3O2. The molecule has 0 aromatic carbocycles. The Morgan fingerprint density at radius 2 is 1.50 bits per heavy atom. The van der Waals surface area contributed by atoms with Gasteiger partial charge in [-0.25, -0.2) is 0 Å². The summed E-state index contributed by atoms with van der Waals surface area (Å²) in [6, 6.07) is 0. The van der Waals surface area contributed by atoms with Gasteiger partial charge in [0.1, 0.15) is 0 Å². The fourth-order valence-corrected chi connectivity index (χ4v) is 0. The second kappa shape index (κ2) is 15.7. The van der Waals surface area contributed by atoms with Crippen molar-refractivity contribution in [3.8, 4) is 0 Å². The van der Waals surface area contributed by atoms with Crippen molar-refractivity contribution >= 4 is 43.2 Å². The quantitative estimate of drug-likeness (QED) is 0.672. The lowest BCUT2D eigenvalue weighted by Crippen LogP contribution is -1.86. The van der Waals surface area contributed by atoms with Gasteiger partial charge in [-0.3, -0.25) is 4.79 Å². The van der Waals surface area contributed by atoms with Crippen LogP contribution in [-0.4, -0.2) is 11.1 Å². The first-order chi connectivity index (χ1) is 2.27. The molecule has 5 heteroatoms. The van der Waals surface area contributed by atoms with E-state index in [4.69, 9.17) is 5.11 Å². The first kappa shape index (κ1) is 23.9. The van der Waals surface area contributed by atoms with E-state index in [9.17, 15) is 4.79 Å². The number of carbonyl (C=O) groups is 1. The second-order valence-corrected chi connectivity index (χ2v) is 0.747. The summed E-state index contributed by atoms with van der Waals surface area (Å²) >= 11 is 0. The Morgan fingerprint density at radius 3 is 1.50 bits per heavy atom. The molecule has 2 nitrogen and oxygen atoms in total. The Hall–Kier alpha value is 0.340. The van der Waals surface area contributed by atoms with Gasteiger partial charge in [-0.15, -0.1) is 37.2 Å². The molecule has 0 saturated carbocycles. The summed E-state index contributed by atoms with van der Waals surface area (Å²) in [4.78, 5) is 9.37. The highest BCUT2D eigenvalue weighted by Crippen LogP contribution is 1.67. The normalized spacial score (nSPS) is 4.62. The molecule has 0 fully saturated rings. The summed E-state index contributed by atoms with van der Waals surface area (Å²) in [5.41, 5.74) is 0. The van der Waals surface area contributed by atoms with Crippen molar-refractivity contribution in [1.29, 1.82) is 0 Å². The molecule has 0 aliphatic carbocycles. The average Bonchev–Trinajstić information content (AvgIpc) is 1.38. The van der Waals surface area contributed by atoms with Gasteiger partial charge in [0.15, 0.2) is 0 Å². The van der Waals surface area contributed by atoms with Gasteiger partial charge in [0.25, 0.3) is 0 Å². The molecule has 0 aliphatic heterocycles. The summed E-state index contributed by atoms with van der Waals surface area (Å²) in [6.07, 6.45) is 0.222. The van der Waals surface area contributed by atoms with Gasteiger partial charge in [0.2, 0.25) is 0 Å². The van der Waals surface area contributed by atoms with Crippen LogP contribution in [0.5, 0.6) is 0 Å². The van der Waals surface area contributed by atoms with Crippen LogP contribution in [0, 0.1) is 0 Å². The SMILES string of the molecule is CCC(=O)O.Cl.Cl.Cl. The lowest BCUT2D eigenvalue weighted by atomic mass is 10.5. The van der Waals surface area contributed by atoms with E-state index < -0.39 is 5.97 Å². The zero-order chi connectivity index (χ0) is 4.28. The third-order valence-corrected chi connectivity index (χ3v) is 0.302. The summed E-state index contributed by atoms with van der Waals surface area (Å²) in [7, 11) is 0. The average molecular weight is 183 g/mol. The first-order valence-electron chi connectivity index (χ1n) is 1.49. The van der Waals surface area contributed by atoms with Gasteiger partial charge in [0, 0.05) is 6.42 Å². The Morgan fingerprint density at radius 1 is 1.38 bits per heavy atom. The van der Waals surface area contributed by atoms with Crippen LogP contribution in [0.25, 0.3) is 0 Å². The number of hydrogen-bond acceptors (Lipinski definition) is 1. The number of carboxylic acid groups (broad SMARTS) is 1. The van der Waals surface area contributed by atoms with E-state index in [2.05, 4.69) is 0 Å². The molecule has 0 atom stereocenters. The minimum absolute atomic E-state index is 0. The molecule has 0 aromatic rings. The molecule has 1 N–H and O–H groups in total. The number of hydrogen-bond donors (Lipinski definition) is 1. The third-order valence-electron chi connectivity index (χ3n) is 0.302. The maximum absolute atomic E-state index is 9.37. The van der Waals surface area contributed by atoms with Crippen molar-refractivity contribution in [2.45, 2.75) is 13.3 Å². The summed E-state index contributed by atoms with van der Waals surface area (Å²) in [5.74, 6) is -0.745. The van der Waals surface area contributed by atoms with Gasteiger partial charge in [0.05, 0.1) is 0 Å². The van der Waals surface area contributed by atoms with Gasteiger partial charge in [-0.2, -0.15) is 0 Å². The Labute approximate surface area is 66.9 Å². The van der Waals surface area contributed by atoms with E-state index in [0.29, 0.717) is 0 Å². The lowest BCUT2D eigenvalue weighted by molar-refractivity contribution is -0.136. The highest BCUT2D eigenvalue weighted by molar-refractivity contribution is 5.86. The summed E-state index contributed by atoms with van der Waals surface area (Å²) in [5, 5.41) is 7.72. The fourth-order valence-electron chi connectivity index (χ4n) is 0. The van der Waals surface area contributed by atoms with Gasteiger partial charge >= 0.3 is 5.97 Å². The van der Waals surface area contributed by atoms with Crippen molar-refractivity contribution in [3.63, 3.8) is 0 Å². The maximum atomic E-state index is 9.37. The van der Waals surface area contributed by atoms with E-state index in [1.54, 1.807) is 6.92 Å². The largest absolute Gasteiger partial charge is 0.481 e. The fraction of sp³-hybridized carbons (Fsp3) is 0.667. The number of aliphatic carboxylic acids is 1. The van der Waals surface area contributed by atoms with Crippen LogP contribution in [0.3, 0.4) is 0 Å². The van der Waals surface area contributed by atoms with Crippen LogP contribution in [-0.2, 0) is 4.79 Å². The van der Waals surface area contributed by atoms with Gasteiger partial charge in [-0.1, -0.05) is 6.92 Å². The van der Waals surface area contributed by atoms with Crippen molar-refractivity contribution in [2.24, 2.45) is 0 Å². The Bertz CT molecular complexity index is 47.8. The summed E-state index contributed by atoms with van der Waals surface area (Å²) < 4.78 is 0. The minimum Gasteiger partial charge on any atom is -0.481 e. The molecule has 0 unspecified atom stereocenters. The van der Waals surface area contributed by atoms with Crippen LogP contribution < -0.4 is 0 Å². The Balaban J connectivity index is -0.0000000267. The van der Waals surface area contributed by atoms with Crippen LogP contribution in [0.15, 0.2) is 0 Å². The van der Waals surface area contributed by atoms with Crippen LogP contribution in [0.2, 0.25) is 0 Å². The van der Waals surface area contributed by atoms with Crippen LogP contribution in [0.1, 0.15) is 13.3 Å².